The van der Waals surface area contributed by atoms with Gasteiger partial charge in [0.25, 0.3) is 0 Å². The molecule has 0 radical (unpaired) electrons. The van der Waals surface area contributed by atoms with Crippen molar-refractivity contribution in [2.24, 2.45) is 0 Å². The van der Waals surface area contributed by atoms with Crippen LogP contribution in [0.1, 0.15) is 24.4 Å². The van der Waals surface area contributed by atoms with E-state index in [0.717, 1.165) is 23.8 Å². The summed E-state index contributed by atoms with van der Waals surface area (Å²) in [6.07, 6.45) is 4.39. The largest absolute Gasteiger partial charge is 0.265 e. The highest BCUT2D eigenvalue weighted by Crippen LogP contribution is 2.37. The molecule has 1 aliphatic heterocycles. The molecule has 1 saturated heterocycles. The molecule has 1 atom stereocenters. The molecule has 116 valence electrons. The van der Waals surface area contributed by atoms with Crippen molar-refractivity contribution in [2.45, 2.75) is 23.8 Å². The van der Waals surface area contributed by atoms with Crippen molar-refractivity contribution in [3.05, 3.63) is 59.9 Å². The fourth-order valence-electron chi connectivity index (χ4n) is 2.79. The Hall–Kier alpha value is -1.86. The minimum absolute atomic E-state index is 0.239. The molecule has 7 heteroatoms. The summed E-state index contributed by atoms with van der Waals surface area (Å²) < 4.78 is 54.3. The monoisotopic (exact) mass is 324 g/mol. The zero-order valence-corrected chi connectivity index (χ0v) is 12.4. The lowest BCUT2D eigenvalue weighted by Crippen LogP contribution is -2.32. The molecule has 1 aromatic carbocycles. The van der Waals surface area contributed by atoms with Gasteiger partial charge in [0.15, 0.2) is 4.90 Å². The maximum absolute atomic E-state index is 13.9. The lowest BCUT2D eigenvalue weighted by molar-refractivity contribution is 0.388. The number of hydrogen-bond donors (Lipinski definition) is 0. The summed E-state index contributed by atoms with van der Waals surface area (Å²) in [5.41, 5.74) is 0.771. The normalized spacial score (nSPS) is 19.5. The third kappa shape index (κ3) is 2.50. The molecule has 4 nitrogen and oxygen atoms in total. The highest BCUT2D eigenvalue weighted by molar-refractivity contribution is 7.89. The predicted octanol–water partition coefficient (Wildman–Crippen LogP) is 2.89. The lowest BCUT2D eigenvalue weighted by atomic mass is 10.1. The van der Waals surface area contributed by atoms with Crippen molar-refractivity contribution < 1.29 is 17.2 Å². The van der Waals surface area contributed by atoms with E-state index >= 15 is 0 Å². The molecular formula is C15H14F2N2O2S. The van der Waals surface area contributed by atoms with E-state index < -0.39 is 32.6 Å². The first-order valence-electron chi connectivity index (χ1n) is 6.87. The Morgan fingerprint density at radius 2 is 1.73 bits per heavy atom. The number of hydrogen-bond acceptors (Lipinski definition) is 3. The zero-order valence-electron chi connectivity index (χ0n) is 11.6. The van der Waals surface area contributed by atoms with E-state index in [0.29, 0.717) is 12.8 Å². The van der Waals surface area contributed by atoms with Gasteiger partial charge in [0.1, 0.15) is 11.6 Å². The van der Waals surface area contributed by atoms with Crippen molar-refractivity contribution in [3.63, 3.8) is 0 Å². The van der Waals surface area contributed by atoms with Crippen molar-refractivity contribution in [3.8, 4) is 0 Å². The number of sulfonamides is 1. The van der Waals surface area contributed by atoms with Gasteiger partial charge in [-0.25, -0.2) is 17.2 Å². The molecule has 0 amide bonds. The molecule has 3 rings (SSSR count). The van der Waals surface area contributed by atoms with E-state index in [-0.39, 0.29) is 6.54 Å². The minimum atomic E-state index is -4.23. The first-order chi connectivity index (χ1) is 10.5. The zero-order chi connectivity index (χ0) is 15.7. The first kappa shape index (κ1) is 15.1. The van der Waals surface area contributed by atoms with Gasteiger partial charge in [-0.15, -0.1) is 0 Å². The average molecular weight is 324 g/mol. The van der Waals surface area contributed by atoms with Gasteiger partial charge in [0, 0.05) is 18.9 Å². The molecule has 0 aliphatic carbocycles. The number of benzene rings is 1. The number of pyridine rings is 1. The SMILES string of the molecule is O=S(=O)(c1c(F)cccc1F)N1CCC[C@@H]1c1ccncc1. The molecule has 22 heavy (non-hydrogen) atoms. The predicted molar refractivity (Wildman–Crippen MR) is 76.5 cm³/mol. The number of halogens is 2. The van der Waals surface area contributed by atoms with E-state index in [1.807, 2.05) is 0 Å². The minimum Gasteiger partial charge on any atom is -0.265 e. The van der Waals surface area contributed by atoms with E-state index in [9.17, 15) is 17.2 Å². The van der Waals surface area contributed by atoms with Crippen molar-refractivity contribution >= 4 is 10.0 Å². The topological polar surface area (TPSA) is 50.3 Å². The second kappa shape index (κ2) is 5.73. The summed E-state index contributed by atoms with van der Waals surface area (Å²) in [6, 6.07) is 6.06. The number of aromatic nitrogens is 1. The molecule has 1 fully saturated rings. The smallest absolute Gasteiger partial charge is 0.249 e. The third-order valence-corrected chi connectivity index (χ3v) is 5.74. The van der Waals surface area contributed by atoms with Crippen LogP contribution in [0.3, 0.4) is 0 Å². The van der Waals surface area contributed by atoms with Crippen LogP contribution < -0.4 is 0 Å². The second-order valence-electron chi connectivity index (χ2n) is 5.11. The van der Waals surface area contributed by atoms with Gasteiger partial charge in [-0.05, 0) is 42.7 Å². The summed E-state index contributed by atoms with van der Waals surface area (Å²) >= 11 is 0. The molecule has 0 bridgehead atoms. The van der Waals surface area contributed by atoms with E-state index in [1.165, 1.54) is 4.31 Å². The van der Waals surface area contributed by atoms with Crippen molar-refractivity contribution in [1.82, 2.24) is 9.29 Å². The highest BCUT2D eigenvalue weighted by Gasteiger charge is 2.39. The first-order valence-corrected chi connectivity index (χ1v) is 8.31. The fourth-order valence-corrected chi connectivity index (χ4v) is 4.59. The van der Waals surface area contributed by atoms with Crippen LogP contribution in [-0.4, -0.2) is 24.3 Å². The molecular weight excluding hydrogens is 310 g/mol. The summed E-state index contributed by atoms with van der Waals surface area (Å²) in [4.78, 5) is 3.02. The Morgan fingerprint density at radius 1 is 1.09 bits per heavy atom. The highest BCUT2D eigenvalue weighted by atomic mass is 32.2. The maximum Gasteiger partial charge on any atom is 0.249 e. The van der Waals surface area contributed by atoms with Crippen LogP contribution in [0.4, 0.5) is 8.78 Å². The Kier molecular flexibility index (Phi) is 3.92. The van der Waals surface area contributed by atoms with Gasteiger partial charge in [0.2, 0.25) is 10.0 Å². The van der Waals surface area contributed by atoms with Gasteiger partial charge in [-0.1, -0.05) is 6.07 Å². The van der Waals surface area contributed by atoms with Crippen LogP contribution in [-0.2, 0) is 10.0 Å². The molecule has 0 unspecified atom stereocenters. The second-order valence-corrected chi connectivity index (χ2v) is 6.93. The van der Waals surface area contributed by atoms with Gasteiger partial charge < -0.3 is 0 Å². The lowest BCUT2D eigenvalue weighted by Gasteiger charge is -2.24. The van der Waals surface area contributed by atoms with E-state index in [2.05, 4.69) is 4.98 Å². The van der Waals surface area contributed by atoms with Gasteiger partial charge >= 0.3 is 0 Å². The summed E-state index contributed by atoms with van der Waals surface area (Å²) in [5, 5.41) is 0. The molecule has 0 saturated carbocycles. The standard InChI is InChI=1S/C15H14F2N2O2S/c16-12-3-1-4-13(17)15(12)22(20,21)19-10-2-5-14(19)11-6-8-18-9-7-11/h1,3-4,6-9,14H,2,5,10H2/t14-/m1/s1. The maximum atomic E-state index is 13.9. The Morgan fingerprint density at radius 3 is 2.36 bits per heavy atom. The van der Waals surface area contributed by atoms with Crippen LogP contribution in [0.15, 0.2) is 47.6 Å². The summed E-state index contributed by atoms with van der Waals surface area (Å²) in [6.45, 7) is 0.239. The van der Waals surface area contributed by atoms with Crippen LogP contribution in [0.25, 0.3) is 0 Å². The molecule has 0 N–H and O–H groups in total. The summed E-state index contributed by atoms with van der Waals surface area (Å²) in [5.74, 6) is -2.14. The summed E-state index contributed by atoms with van der Waals surface area (Å²) in [7, 11) is -4.23. The quantitative estimate of drug-likeness (QED) is 0.872. The molecule has 2 aromatic rings. The van der Waals surface area contributed by atoms with Crippen molar-refractivity contribution in [1.29, 1.82) is 0 Å². The molecule has 2 heterocycles. The Balaban J connectivity index is 2.05. The third-order valence-electron chi connectivity index (χ3n) is 3.78. The number of rotatable bonds is 3. The average Bonchev–Trinajstić information content (AvgIpc) is 2.98. The van der Waals surface area contributed by atoms with Crippen molar-refractivity contribution in [2.75, 3.05) is 6.54 Å². The molecule has 1 aliphatic rings. The van der Waals surface area contributed by atoms with Crippen LogP contribution in [0.5, 0.6) is 0 Å². The van der Waals surface area contributed by atoms with Gasteiger partial charge in [0.05, 0.1) is 6.04 Å². The van der Waals surface area contributed by atoms with Gasteiger partial charge in [-0.3, -0.25) is 4.98 Å². The van der Waals surface area contributed by atoms with Gasteiger partial charge in [-0.2, -0.15) is 4.31 Å². The van der Waals surface area contributed by atoms with E-state index in [1.54, 1.807) is 24.5 Å². The fraction of sp³-hybridized carbons (Fsp3) is 0.267. The Labute approximate surface area is 127 Å². The molecule has 1 aromatic heterocycles. The van der Waals surface area contributed by atoms with E-state index in [4.69, 9.17) is 0 Å². The van der Waals surface area contributed by atoms with Crippen LogP contribution in [0, 0.1) is 11.6 Å². The Bertz CT molecular complexity index is 761. The molecule has 0 spiro atoms. The van der Waals surface area contributed by atoms with Crippen LogP contribution >= 0.6 is 0 Å². The van der Waals surface area contributed by atoms with Crippen LogP contribution in [0.2, 0.25) is 0 Å². The number of nitrogens with zero attached hydrogens (tertiary/aromatic N) is 2.